The number of rotatable bonds is 5. The Morgan fingerprint density at radius 2 is 2.14 bits per heavy atom. The molecule has 0 amide bonds. The number of hydrogen-bond donors (Lipinski definition) is 2. The molecule has 0 radical (unpaired) electrons. The summed E-state index contributed by atoms with van der Waals surface area (Å²) < 4.78 is 1.65. The van der Waals surface area contributed by atoms with Gasteiger partial charge in [-0.05, 0) is 29.0 Å². The fraction of sp³-hybridized carbons (Fsp3) is 0.0769. The molecule has 0 fully saturated rings. The number of tetrazole rings is 1. The number of carbonyl (C=O) groups excluding carboxylic acids is 1. The summed E-state index contributed by atoms with van der Waals surface area (Å²) in [4.78, 5) is 15.7. The second-order valence-electron chi connectivity index (χ2n) is 4.38. The highest BCUT2D eigenvalue weighted by Gasteiger charge is 2.12. The molecule has 0 spiro atoms. The Morgan fingerprint density at radius 3 is 2.86 bits per heavy atom. The van der Waals surface area contributed by atoms with E-state index in [4.69, 9.17) is 0 Å². The van der Waals surface area contributed by atoms with Gasteiger partial charge in [0, 0.05) is 24.7 Å². The van der Waals surface area contributed by atoms with E-state index in [2.05, 4.69) is 30.7 Å². The molecule has 9 heteroatoms. The first-order valence-corrected chi connectivity index (χ1v) is 6.33. The van der Waals surface area contributed by atoms with Crippen molar-refractivity contribution in [2.45, 2.75) is 6.54 Å². The third-order valence-corrected chi connectivity index (χ3v) is 2.83. The van der Waals surface area contributed by atoms with Gasteiger partial charge in [0.25, 0.3) is 0 Å². The zero-order valence-corrected chi connectivity index (χ0v) is 11.3. The second kappa shape index (κ2) is 5.95. The van der Waals surface area contributed by atoms with Crippen LogP contribution in [-0.2, 0) is 6.54 Å². The maximum absolute atomic E-state index is 11.7. The molecule has 0 atom stereocenters. The van der Waals surface area contributed by atoms with Gasteiger partial charge in [0.05, 0.1) is 6.54 Å². The summed E-state index contributed by atoms with van der Waals surface area (Å²) in [6.07, 6.45) is 6.10. The lowest BCUT2D eigenvalue weighted by molar-refractivity contribution is 0.103. The van der Waals surface area contributed by atoms with Crippen LogP contribution in [0.4, 0.5) is 0 Å². The maximum Gasteiger partial charge on any atom is 0.244 e. The Morgan fingerprint density at radius 1 is 1.32 bits per heavy atom. The number of aliphatic hydroxyl groups excluding tert-OH is 1. The first-order valence-electron chi connectivity index (χ1n) is 6.33. The Balaban J connectivity index is 1.74. The lowest BCUT2D eigenvalue weighted by Gasteiger charge is -2.00. The van der Waals surface area contributed by atoms with E-state index >= 15 is 0 Å². The van der Waals surface area contributed by atoms with Crippen LogP contribution >= 0.6 is 0 Å². The van der Waals surface area contributed by atoms with Gasteiger partial charge in [-0.3, -0.25) is 14.5 Å². The highest BCUT2D eigenvalue weighted by molar-refractivity contribution is 6.04. The highest BCUT2D eigenvalue weighted by Crippen LogP contribution is 2.10. The smallest absolute Gasteiger partial charge is 0.244 e. The molecule has 22 heavy (non-hydrogen) atoms. The van der Waals surface area contributed by atoms with Crippen LogP contribution in [0.3, 0.4) is 0 Å². The molecule has 3 aromatic heterocycles. The summed E-state index contributed by atoms with van der Waals surface area (Å²) in [6.45, 7) is 0.536. The molecule has 0 unspecified atom stereocenters. The predicted molar refractivity (Wildman–Crippen MR) is 74.7 cm³/mol. The molecule has 0 aliphatic carbocycles. The van der Waals surface area contributed by atoms with Crippen LogP contribution in [-0.4, -0.2) is 46.3 Å². The summed E-state index contributed by atoms with van der Waals surface area (Å²) in [6, 6.07) is 5.35. The average Bonchev–Trinajstić information content (AvgIpc) is 3.19. The molecule has 0 aliphatic heterocycles. The number of hydrogen-bond acceptors (Lipinski definition) is 7. The Bertz CT molecular complexity index is 793. The zero-order valence-electron chi connectivity index (χ0n) is 11.3. The first kappa shape index (κ1) is 13.6. The van der Waals surface area contributed by atoms with E-state index in [0.717, 1.165) is 11.6 Å². The van der Waals surface area contributed by atoms with Crippen molar-refractivity contribution < 1.29 is 9.90 Å². The minimum atomic E-state index is -0.560. The molecule has 3 rings (SSSR count). The fourth-order valence-corrected chi connectivity index (χ4v) is 1.79. The molecule has 0 bridgehead atoms. The molecule has 0 saturated carbocycles. The van der Waals surface area contributed by atoms with Gasteiger partial charge in [-0.2, -0.15) is 10.3 Å². The molecular formula is C13H11N7O2. The Hall–Kier alpha value is -3.36. The van der Waals surface area contributed by atoms with Gasteiger partial charge in [-0.25, -0.2) is 0 Å². The van der Waals surface area contributed by atoms with Crippen molar-refractivity contribution in [3.8, 4) is 0 Å². The van der Waals surface area contributed by atoms with Gasteiger partial charge >= 0.3 is 0 Å². The molecule has 3 aromatic rings. The van der Waals surface area contributed by atoms with Gasteiger partial charge < -0.3 is 5.11 Å². The quantitative estimate of drug-likeness (QED) is 0.402. The number of pyridine rings is 1. The monoisotopic (exact) mass is 297 g/mol. The topological polar surface area (TPSA) is 122 Å². The van der Waals surface area contributed by atoms with Crippen LogP contribution in [0.15, 0.2) is 42.9 Å². The van der Waals surface area contributed by atoms with E-state index in [1.165, 1.54) is 0 Å². The Labute approximate surface area is 124 Å². The third-order valence-electron chi connectivity index (χ3n) is 2.83. The number of aliphatic hydroxyl groups is 1. The summed E-state index contributed by atoms with van der Waals surface area (Å²) >= 11 is 0. The van der Waals surface area contributed by atoms with Gasteiger partial charge in [-0.15, -0.1) is 10.2 Å². The van der Waals surface area contributed by atoms with E-state index < -0.39 is 5.78 Å². The SMILES string of the molecule is O=C(C=C(O)c1ccn(Cc2ccncc2)n1)c1nn[nH]n1. The highest BCUT2D eigenvalue weighted by atomic mass is 16.3. The van der Waals surface area contributed by atoms with Crippen LogP contribution in [0.1, 0.15) is 21.9 Å². The normalized spacial score (nSPS) is 11.5. The number of carbonyl (C=O) groups is 1. The number of H-pyrrole nitrogens is 1. The van der Waals surface area contributed by atoms with Crippen molar-refractivity contribution >= 4 is 11.5 Å². The number of ketones is 1. The molecule has 0 aliphatic rings. The van der Waals surface area contributed by atoms with Crippen LogP contribution < -0.4 is 0 Å². The van der Waals surface area contributed by atoms with E-state index in [-0.39, 0.29) is 17.3 Å². The first-order chi connectivity index (χ1) is 10.7. The van der Waals surface area contributed by atoms with Crippen molar-refractivity contribution in [2.24, 2.45) is 0 Å². The Kier molecular flexibility index (Phi) is 3.69. The van der Waals surface area contributed by atoms with E-state index in [0.29, 0.717) is 6.54 Å². The van der Waals surface area contributed by atoms with E-state index in [9.17, 15) is 9.90 Å². The van der Waals surface area contributed by atoms with Gasteiger partial charge in [0.2, 0.25) is 11.6 Å². The van der Waals surface area contributed by atoms with Crippen LogP contribution in [0.5, 0.6) is 0 Å². The summed E-state index contributed by atoms with van der Waals surface area (Å²) in [5.74, 6) is -0.944. The van der Waals surface area contributed by atoms with Crippen molar-refractivity contribution in [1.82, 2.24) is 35.4 Å². The minimum absolute atomic E-state index is 0.122. The molecule has 0 aromatic carbocycles. The van der Waals surface area contributed by atoms with Crippen LogP contribution in [0, 0.1) is 0 Å². The standard InChI is InChI=1S/C13H11N7O2/c21-11(7-12(22)13-15-18-19-16-13)10-3-6-20(17-10)8-9-1-4-14-5-2-9/h1-7,21H,8H2,(H,15,16,18,19). The molecule has 3 heterocycles. The number of allylic oxidation sites excluding steroid dienone is 1. The summed E-state index contributed by atoms with van der Waals surface area (Å²) in [5.41, 5.74) is 1.31. The third kappa shape index (κ3) is 3.03. The number of nitrogens with zero attached hydrogens (tertiary/aromatic N) is 6. The largest absolute Gasteiger partial charge is 0.505 e. The van der Waals surface area contributed by atoms with E-state index in [1.54, 1.807) is 29.3 Å². The zero-order chi connectivity index (χ0) is 15.4. The second-order valence-corrected chi connectivity index (χ2v) is 4.38. The van der Waals surface area contributed by atoms with Crippen LogP contribution in [0.25, 0.3) is 5.76 Å². The van der Waals surface area contributed by atoms with Crippen molar-refractivity contribution in [3.63, 3.8) is 0 Å². The van der Waals surface area contributed by atoms with Crippen molar-refractivity contribution in [3.05, 3.63) is 59.9 Å². The molecule has 9 nitrogen and oxygen atoms in total. The summed E-state index contributed by atoms with van der Waals surface area (Å²) in [7, 11) is 0. The van der Waals surface area contributed by atoms with Gasteiger partial charge in [0.1, 0.15) is 11.5 Å². The number of aromatic nitrogens is 7. The lowest BCUT2D eigenvalue weighted by Crippen LogP contribution is -2.02. The van der Waals surface area contributed by atoms with Crippen molar-refractivity contribution in [1.29, 1.82) is 0 Å². The van der Waals surface area contributed by atoms with Crippen LogP contribution in [0.2, 0.25) is 0 Å². The average molecular weight is 297 g/mol. The minimum Gasteiger partial charge on any atom is -0.505 e. The van der Waals surface area contributed by atoms with Crippen molar-refractivity contribution in [2.75, 3.05) is 0 Å². The molecule has 0 saturated heterocycles. The van der Waals surface area contributed by atoms with Gasteiger partial charge in [-0.1, -0.05) is 0 Å². The fourth-order valence-electron chi connectivity index (χ4n) is 1.79. The lowest BCUT2D eigenvalue weighted by atomic mass is 10.2. The van der Waals surface area contributed by atoms with E-state index in [1.807, 2.05) is 12.1 Å². The predicted octanol–water partition coefficient (Wildman–Crippen LogP) is 0.621. The number of nitrogens with one attached hydrogen (secondary N) is 1. The summed E-state index contributed by atoms with van der Waals surface area (Å²) in [5, 5.41) is 26.7. The van der Waals surface area contributed by atoms with Gasteiger partial charge in [0.15, 0.2) is 0 Å². The molecular weight excluding hydrogens is 286 g/mol. The molecule has 110 valence electrons. The number of aromatic amines is 1. The maximum atomic E-state index is 11.7. The molecule has 2 N–H and O–H groups in total.